The zero-order chi connectivity index (χ0) is 12.3. The minimum absolute atomic E-state index is 0.705. The van der Waals surface area contributed by atoms with Crippen molar-refractivity contribution in [2.75, 3.05) is 12.8 Å². The third-order valence-corrected chi connectivity index (χ3v) is 3.33. The van der Waals surface area contributed by atoms with E-state index in [0.717, 1.165) is 21.4 Å². The van der Waals surface area contributed by atoms with E-state index in [0.29, 0.717) is 5.69 Å². The monoisotopic (exact) mass is 246 g/mol. The van der Waals surface area contributed by atoms with Gasteiger partial charge in [0, 0.05) is 10.6 Å². The van der Waals surface area contributed by atoms with Crippen LogP contribution in [0.4, 0.5) is 5.69 Å². The quantitative estimate of drug-likeness (QED) is 0.904. The Hall–Kier alpha value is -1.68. The summed E-state index contributed by atoms with van der Waals surface area (Å²) in [5, 5.41) is 0.843. The summed E-state index contributed by atoms with van der Waals surface area (Å²) in [7, 11) is 1.66. The van der Waals surface area contributed by atoms with Gasteiger partial charge in [-0.25, -0.2) is 4.98 Å². The Morgan fingerprint density at radius 3 is 2.47 bits per heavy atom. The first-order valence-electron chi connectivity index (χ1n) is 5.24. The van der Waals surface area contributed by atoms with Crippen LogP contribution in [0.3, 0.4) is 0 Å². The number of nitrogens with two attached hydrogens (primary N) is 1. The Balaban J connectivity index is 2.22. The molecule has 0 saturated carbocycles. The van der Waals surface area contributed by atoms with E-state index in [1.807, 2.05) is 43.3 Å². The van der Waals surface area contributed by atoms with Gasteiger partial charge in [0.25, 0.3) is 0 Å². The predicted octanol–water partition coefficient (Wildman–Crippen LogP) is 3.13. The van der Waals surface area contributed by atoms with Gasteiger partial charge < -0.3 is 10.5 Å². The maximum Gasteiger partial charge on any atom is 0.124 e. The second-order valence-electron chi connectivity index (χ2n) is 3.62. The van der Waals surface area contributed by atoms with Crippen LogP contribution in [-0.4, -0.2) is 12.1 Å². The average molecular weight is 246 g/mol. The normalized spacial score (nSPS) is 10.2. The summed E-state index contributed by atoms with van der Waals surface area (Å²) in [5.74, 6) is 0.847. The number of hydrogen-bond acceptors (Lipinski definition) is 4. The fourth-order valence-electron chi connectivity index (χ4n) is 1.38. The molecular formula is C13H14N2OS. The van der Waals surface area contributed by atoms with Crippen molar-refractivity contribution in [1.82, 2.24) is 4.98 Å². The van der Waals surface area contributed by atoms with E-state index in [1.54, 1.807) is 18.9 Å². The van der Waals surface area contributed by atoms with E-state index < -0.39 is 0 Å². The van der Waals surface area contributed by atoms with Crippen LogP contribution in [-0.2, 0) is 0 Å². The molecule has 1 aromatic heterocycles. The third-order valence-electron chi connectivity index (χ3n) is 2.30. The molecule has 0 aliphatic heterocycles. The average Bonchev–Trinajstić information content (AvgIpc) is 2.35. The minimum Gasteiger partial charge on any atom is -0.497 e. The maximum absolute atomic E-state index is 5.89. The van der Waals surface area contributed by atoms with Gasteiger partial charge in [0.1, 0.15) is 10.8 Å². The Bertz CT molecular complexity index is 511. The molecule has 0 amide bonds. The molecule has 0 aliphatic rings. The molecule has 88 valence electrons. The van der Waals surface area contributed by atoms with Gasteiger partial charge in [-0.2, -0.15) is 0 Å². The Kier molecular flexibility index (Phi) is 3.54. The molecule has 1 heterocycles. The molecule has 4 heteroatoms. The second-order valence-corrected chi connectivity index (χ2v) is 4.69. The molecule has 0 fully saturated rings. The van der Waals surface area contributed by atoms with Crippen molar-refractivity contribution < 1.29 is 4.74 Å². The standard InChI is InChI=1S/C13H14N2OS/c1-9-3-8-12(14)13(15-9)17-11-6-4-10(16-2)5-7-11/h3-8H,14H2,1-2H3. The lowest BCUT2D eigenvalue weighted by Crippen LogP contribution is -1.93. The van der Waals surface area contributed by atoms with Gasteiger partial charge >= 0.3 is 0 Å². The number of hydrogen-bond donors (Lipinski definition) is 1. The number of nitrogens with zero attached hydrogens (tertiary/aromatic N) is 1. The van der Waals surface area contributed by atoms with E-state index in [2.05, 4.69) is 4.98 Å². The maximum atomic E-state index is 5.89. The van der Waals surface area contributed by atoms with Crippen molar-refractivity contribution in [1.29, 1.82) is 0 Å². The van der Waals surface area contributed by atoms with Crippen molar-refractivity contribution in [2.24, 2.45) is 0 Å². The summed E-state index contributed by atoms with van der Waals surface area (Å²) in [4.78, 5) is 5.51. The van der Waals surface area contributed by atoms with Crippen LogP contribution in [0, 0.1) is 6.92 Å². The molecule has 0 aliphatic carbocycles. The number of benzene rings is 1. The minimum atomic E-state index is 0.705. The van der Waals surface area contributed by atoms with Crippen LogP contribution in [0.5, 0.6) is 5.75 Å². The van der Waals surface area contributed by atoms with Crippen molar-refractivity contribution in [2.45, 2.75) is 16.8 Å². The van der Waals surface area contributed by atoms with Gasteiger partial charge in [-0.05, 0) is 43.3 Å². The van der Waals surface area contributed by atoms with Gasteiger partial charge in [0.2, 0.25) is 0 Å². The molecule has 3 nitrogen and oxygen atoms in total. The van der Waals surface area contributed by atoms with Crippen molar-refractivity contribution >= 4 is 17.4 Å². The third kappa shape index (κ3) is 2.91. The first-order chi connectivity index (χ1) is 8.19. The number of anilines is 1. The van der Waals surface area contributed by atoms with Crippen molar-refractivity contribution in [3.05, 3.63) is 42.1 Å². The lowest BCUT2D eigenvalue weighted by atomic mass is 10.3. The first-order valence-corrected chi connectivity index (χ1v) is 6.06. The highest BCUT2D eigenvalue weighted by atomic mass is 32.2. The Labute approximate surface area is 105 Å². The van der Waals surface area contributed by atoms with Gasteiger partial charge in [-0.15, -0.1) is 0 Å². The molecule has 1 aromatic carbocycles. The van der Waals surface area contributed by atoms with Crippen LogP contribution in [0.2, 0.25) is 0 Å². The van der Waals surface area contributed by atoms with Crippen LogP contribution < -0.4 is 10.5 Å². The summed E-state index contributed by atoms with van der Waals surface area (Å²) >= 11 is 1.56. The van der Waals surface area contributed by atoms with Crippen LogP contribution in [0.25, 0.3) is 0 Å². The summed E-state index contributed by atoms with van der Waals surface area (Å²) in [6.45, 7) is 1.96. The second kappa shape index (κ2) is 5.10. The number of rotatable bonds is 3. The Morgan fingerprint density at radius 1 is 1.12 bits per heavy atom. The highest BCUT2D eigenvalue weighted by Crippen LogP contribution is 2.31. The van der Waals surface area contributed by atoms with Gasteiger partial charge in [-0.3, -0.25) is 0 Å². The fraction of sp³-hybridized carbons (Fsp3) is 0.154. The van der Waals surface area contributed by atoms with Crippen LogP contribution >= 0.6 is 11.8 Å². The molecule has 2 N–H and O–H groups in total. The molecule has 2 rings (SSSR count). The summed E-state index contributed by atoms with van der Waals surface area (Å²) in [6.07, 6.45) is 0. The number of ether oxygens (including phenoxy) is 1. The zero-order valence-corrected chi connectivity index (χ0v) is 10.6. The molecular weight excluding hydrogens is 232 g/mol. The molecule has 2 aromatic rings. The van der Waals surface area contributed by atoms with E-state index >= 15 is 0 Å². The molecule has 0 saturated heterocycles. The number of aromatic nitrogens is 1. The summed E-state index contributed by atoms with van der Waals surface area (Å²) in [5.41, 5.74) is 7.56. The highest BCUT2D eigenvalue weighted by molar-refractivity contribution is 7.99. The van der Waals surface area contributed by atoms with Gasteiger partial charge in [-0.1, -0.05) is 11.8 Å². The first kappa shape index (κ1) is 11.8. The van der Waals surface area contributed by atoms with E-state index in [1.165, 1.54) is 0 Å². The number of methoxy groups -OCH3 is 1. The lowest BCUT2D eigenvalue weighted by Gasteiger charge is -2.06. The molecule has 0 atom stereocenters. The highest BCUT2D eigenvalue weighted by Gasteiger charge is 2.04. The fourth-order valence-corrected chi connectivity index (χ4v) is 2.25. The van der Waals surface area contributed by atoms with E-state index in [-0.39, 0.29) is 0 Å². The SMILES string of the molecule is COc1ccc(Sc2nc(C)ccc2N)cc1. The topological polar surface area (TPSA) is 48.1 Å². The molecule has 0 radical (unpaired) electrons. The van der Waals surface area contributed by atoms with Crippen molar-refractivity contribution in [3.63, 3.8) is 0 Å². The number of nitrogen functional groups attached to an aromatic ring is 1. The molecule has 17 heavy (non-hydrogen) atoms. The molecule has 0 unspecified atom stereocenters. The predicted molar refractivity (Wildman–Crippen MR) is 70.5 cm³/mol. The number of aryl methyl sites for hydroxylation is 1. The van der Waals surface area contributed by atoms with Gasteiger partial charge in [0.15, 0.2) is 0 Å². The smallest absolute Gasteiger partial charge is 0.124 e. The van der Waals surface area contributed by atoms with Crippen LogP contribution in [0.15, 0.2) is 46.3 Å². The van der Waals surface area contributed by atoms with E-state index in [9.17, 15) is 0 Å². The lowest BCUT2D eigenvalue weighted by molar-refractivity contribution is 0.414. The molecule has 0 bridgehead atoms. The van der Waals surface area contributed by atoms with Crippen LogP contribution in [0.1, 0.15) is 5.69 Å². The zero-order valence-electron chi connectivity index (χ0n) is 9.81. The van der Waals surface area contributed by atoms with Gasteiger partial charge in [0.05, 0.1) is 12.8 Å². The number of pyridine rings is 1. The summed E-state index contributed by atoms with van der Waals surface area (Å²) in [6, 6.07) is 11.6. The molecule has 0 spiro atoms. The largest absolute Gasteiger partial charge is 0.497 e. The Morgan fingerprint density at radius 2 is 1.82 bits per heavy atom. The van der Waals surface area contributed by atoms with Crippen molar-refractivity contribution in [3.8, 4) is 5.75 Å². The van der Waals surface area contributed by atoms with E-state index in [4.69, 9.17) is 10.5 Å². The summed E-state index contributed by atoms with van der Waals surface area (Å²) < 4.78 is 5.11.